The number of hydrogen-bond donors (Lipinski definition) is 5. The molecule has 11 nitrogen and oxygen atoms in total. The normalized spacial score (nSPS) is 21.6. The van der Waals surface area contributed by atoms with Crippen LogP contribution >= 0.6 is 0 Å². The zero-order valence-electron chi connectivity index (χ0n) is 24.4. The first-order valence-corrected chi connectivity index (χ1v) is 14.5. The molecule has 2 heterocycles. The van der Waals surface area contributed by atoms with Crippen LogP contribution in [0.3, 0.4) is 0 Å². The lowest BCUT2D eigenvalue weighted by Crippen LogP contribution is -2.58. The predicted molar refractivity (Wildman–Crippen MR) is 148 cm³/mol. The molecule has 0 aliphatic carbocycles. The van der Waals surface area contributed by atoms with Crippen molar-refractivity contribution in [2.24, 2.45) is 17.8 Å². The highest BCUT2D eigenvalue weighted by Crippen LogP contribution is 2.21. The van der Waals surface area contributed by atoms with Crippen LogP contribution in [-0.4, -0.2) is 82.9 Å². The van der Waals surface area contributed by atoms with Gasteiger partial charge in [0, 0.05) is 6.54 Å². The van der Waals surface area contributed by atoms with Crippen molar-refractivity contribution in [2.75, 3.05) is 13.1 Å². The van der Waals surface area contributed by atoms with E-state index >= 15 is 0 Å². The van der Waals surface area contributed by atoms with E-state index in [-0.39, 0.29) is 42.0 Å². The number of nitrogens with one attached hydrogen (secondary N) is 4. The second-order valence-corrected chi connectivity index (χ2v) is 12.2. The first-order valence-electron chi connectivity index (χ1n) is 14.5. The highest BCUT2D eigenvalue weighted by molar-refractivity contribution is 5.95. The summed E-state index contributed by atoms with van der Waals surface area (Å²) in [6, 6.07) is -3.80. The fourth-order valence-corrected chi connectivity index (χ4v) is 5.31. The van der Waals surface area contributed by atoms with Crippen molar-refractivity contribution in [2.45, 2.75) is 117 Å². The Kier molecular flexibility index (Phi) is 12.7. The fourth-order valence-electron chi connectivity index (χ4n) is 5.31. The van der Waals surface area contributed by atoms with Gasteiger partial charge in [0.05, 0.1) is 6.04 Å². The summed E-state index contributed by atoms with van der Waals surface area (Å²) in [6.45, 7) is 12.7. The second-order valence-electron chi connectivity index (χ2n) is 12.2. The molecule has 0 saturated carbocycles. The van der Waals surface area contributed by atoms with Crippen molar-refractivity contribution in [3.63, 3.8) is 0 Å². The van der Waals surface area contributed by atoms with Gasteiger partial charge in [-0.2, -0.15) is 0 Å². The molecule has 2 aliphatic heterocycles. The van der Waals surface area contributed by atoms with Crippen LogP contribution in [0, 0.1) is 17.8 Å². The van der Waals surface area contributed by atoms with Crippen molar-refractivity contribution >= 4 is 29.6 Å². The maximum Gasteiger partial charge on any atom is 0.326 e. The molecule has 0 unspecified atom stereocenters. The third kappa shape index (κ3) is 10.1. The van der Waals surface area contributed by atoms with Gasteiger partial charge >= 0.3 is 5.97 Å². The van der Waals surface area contributed by atoms with Crippen molar-refractivity contribution in [1.82, 2.24) is 26.2 Å². The molecule has 2 rings (SSSR count). The van der Waals surface area contributed by atoms with Crippen LogP contribution in [0.2, 0.25) is 0 Å². The van der Waals surface area contributed by atoms with Gasteiger partial charge in [-0.1, -0.05) is 41.5 Å². The fraction of sp³-hybridized carbons (Fsp3) is 0.821. The molecule has 11 heteroatoms. The summed E-state index contributed by atoms with van der Waals surface area (Å²) in [4.78, 5) is 66.2. The first kappa shape index (κ1) is 32.5. The van der Waals surface area contributed by atoms with E-state index in [9.17, 15) is 29.1 Å². The van der Waals surface area contributed by atoms with E-state index in [0.29, 0.717) is 32.2 Å². The van der Waals surface area contributed by atoms with Gasteiger partial charge in [0.1, 0.15) is 24.2 Å². The maximum absolute atomic E-state index is 13.6. The number of rotatable bonds is 14. The lowest BCUT2D eigenvalue weighted by molar-refractivity contribution is -0.144. The maximum atomic E-state index is 13.6. The topological polar surface area (TPSA) is 157 Å². The quantitative estimate of drug-likeness (QED) is 0.218. The van der Waals surface area contributed by atoms with Gasteiger partial charge < -0.3 is 31.3 Å². The number of amides is 4. The summed E-state index contributed by atoms with van der Waals surface area (Å²) in [5, 5.41) is 21.0. The Labute approximate surface area is 232 Å². The average molecular weight is 552 g/mol. The van der Waals surface area contributed by atoms with E-state index in [0.717, 1.165) is 19.4 Å². The van der Waals surface area contributed by atoms with Gasteiger partial charge in [0.25, 0.3) is 0 Å². The van der Waals surface area contributed by atoms with Crippen LogP contribution in [-0.2, 0) is 24.0 Å². The van der Waals surface area contributed by atoms with Gasteiger partial charge in [-0.15, -0.1) is 0 Å². The zero-order valence-corrected chi connectivity index (χ0v) is 24.4. The predicted octanol–water partition coefficient (Wildman–Crippen LogP) is 1.41. The van der Waals surface area contributed by atoms with Crippen LogP contribution in [0.25, 0.3) is 0 Å². The standard InChI is InChI=1S/C28H49N5O6/c1-16(2)13-20(25(35)32-22(28(38)39)15-18(5)6)30-26(36)23-10-8-12-33(23)27(37)21(14-17(3)4)31-24(34)19-9-7-11-29-19/h16-23,29H,7-15H2,1-6H3,(H,30,36)(H,31,34)(H,32,35)(H,38,39)/t19-,20-,21-,22-,23-/m0/s1. The smallest absolute Gasteiger partial charge is 0.326 e. The van der Waals surface area contributed by atoms with E-state index in [1.54, 1.807) is 0 Å². The van der Waals surface area contributed by atoms with Crippen molar-refractivity contribution in [3.8, 4) is 0 Å². The lowest BCUT2D eigenvalue weighted by Gasteiger charge is -2.31. The number of nitrogens with zero attached hydrogens (tertiary/aromatic N) is 1. The molecule has 0 aromatic heterocycles. The molecule has 2 fully saturated rings. The van der Waals surface area contributed by atoms with Gasteiger partial charge in [0.15, 0.2) is 0 Å². The van der Waals surface area contributed by atoms with E-state index in [4.69, 9.17) is 0 Å². The highest BCUT2D eigenvalue weighted by atomic mass is 16.4. The molecule has 5 atom stereocenters. The lowest BCUT2D eigenvalue weighted by atomic mass is 9.99. The summed E-state index contributed by atoms with van der Waals surface area (Å²) >= 11 is 0. The Hall–Kier alpha value is -2.69. The van der Waals surface area contributed by atoms with Crippen LogP contribution < -0.4 is 21.3 Å². The van der Waals surface area contributed by atoms with Gasteiger partial charge in [0.2, 0.25) is 23.6 Å². The van der Waals surface area contributed by atoms with E-state index in [1.165, 1.54) is 4.90 Å². The number of aliphatic carboxylic acids is 1. The molecular formula is C28H49N5O6. The Balaban J connectivity index is 2.14. The minimum atomic E-state index is -1.12. The Bertz CT molecular complexity index is 871. The number of likely N-dealkylation sites (tertiary alicyclic amines) is 1. The van der Waals surface area contributed by atoms with Crippen molar-refractivity contribution in [3.05, 3.63) is 0 Å². The second kappa shape index (κ2) is 15.2. The van der Waals surface area contributed by atoms with Crippen molar-refractivity contribution in [1.29, 1.82) is 0 Å². The van der Waals surface area contributed by atoms with E-state index < -0.39 is 42.0 Å². The number of carbonyl (C=O) groups is 5. The third-order valence-corrected chi connectivity index (χ3v) is 7.20. The number of carboxylic acid groups (broad SMARTS) is 1. The summed E-state index contributed by atoms with van der Waals surface area (Å²) in [7, 11) is 0. The van der Waals surface area contributed by atoms with E-state index in [2.05, 4.69) is 21.3 Å². The molecule has 0 radical (unpaired) electrons. The Morgan fingerprint density at radius 2 is 1.33 bits per heavy atom. The molecular weight excluding hydrogens is 502 g/mol. The SMILES string of the molecule is CC(C)C[C@H](NC(=O)[C@H](CC(C)C)NC(=O)[C@@H]1CCCN1C(=O)[C@H](CC(C)C)NC(=O)[C@@H]1CCCN1)C(=O)O. The van der Waals surface area contributed by atoms with Crippen LogP contribution in [0.15, 0.2) is 0 Å². The first-order chi connectivity index (χ1) is 18.3. The Morgan fingerprint density at radius 1 is 0.769 bits per heavy atom. The largest absolute Gasteiger partial charge is 0.480 e. The van der Waals surface area contributed by atoms with Gasteiger partial charge in [-0.05, 0) is 69.2 Å². The number of hydrogen-bond acceptors (Lipinski definition) is 6. The highest BCUT2D eigenvalue weighted by Gasteiger charge is 2.40. The minimum absolute atomic E-state index is 0.0607. The summed E-state index contributed by atoms with van der Waals surface area (Å²) in [5.41, 5.74) is 0. The molecule has 0 bridgehead atoms. The van der Waals surface area contributed by atoms with Gasteiger partial charge in [-0.3, -0.25) is 19.2 Å². The Morgan fingerprint density at radius 3 is 1.87 bits per heavy atom. The number of carboxylic acids is 1. The van der Waals surface area contributed by atoms with Crippen LogP contribution in [0.4, 0.5) is 0 Å². The van der Waals surface area contributed by atoms with Crippen molar-refractivity contribution < 1.29 is 29.1 Å². The van der Waals surface area contributed by atoms with Gasteiger partial charge in [-0.25, -0.2) is 4.79 Å². The van der Waals surface area contributed by atoms with Crippen LogP contribution in [0.5, 0.6) is 0 Å². The molecule has 39 heavy (non-hydrogen) atoms. The monoisotopic (exact) mass is 551 g/mol. The van der Waals surface area contributed by atoms with E-state index in [1.807, 2.05) is 41.5 Å². The molecule has 4 amide bonds. The average Bonchev–Trinajstić information content (AvgIpc) is 3.53. The molecule has 2 aliphatic rings. The summed E-state index contributed by atoms with van der Waals surface area (Å²) < 4.78 is 0. The molecule has 0 spiro atoms. The molecule has 2 saturated heterocycles. The molecule has 0 aromatic carbocycles. The summed E-state index contributed by atoms with van der Waals surface area (Å²) in [6.07, 6.45) is 3.76. The summed E-state index contributed by atoms with van der Waals surface area (Å²) in [5.74, 6) is -2.32. The minimum Gasteiger partial charge on any atom is -0.480 e. The molecule has 0 aromatic rings. The molecule has 5 N–H and O–H groups in total. The van der Waals surface area contributed by atoms with Crippen LogP contribution in [0.1, 0.15) is 86.5 Å². The third-order valence-electron chi connectivity index (χ3n) is 7.20. The zero-order chi connectivity index (χ0) is 29.3. The number of carbonyl (C=O) groups excluding carboxylic acids is 4. The molecule has 222 valence electrons.